The average molecular weight is 353 g/mol. The number of anilines is 1. The smallest absolute Gasteiger partial charge is 0.230 e. The Labute approximate surface area is 154 Å². The van der Waals surface area contributed by atoms with Gasteiger partial charge in [0.1, 0.15) is 0 Å². The van der Waals surface area contributed by atoms with Crippen LogP contribution >= 0.6 is 0 Å². The number of imidazole rings is 1. The number of allylic oxidation sites excluding steroid dienone is 4. The molecule has 0 unspecified atom stereocenters. The Morgan fingerprint density at radius 3 is 2.38 bits per heavy atom. The zero-order valence-corrected chi connectivity index (χ0v) is 16.3. The topological polar surface area (TPSA) is 67.2 Å². The second-order valence-corrected chi connectivity index (χ2v) is 8.56. The highest BCUT2D eigenvalue weighted by molar-refractivity contribution is 5.96. The Hall–Kier alpha value is -2.40. The normalized spacial score (nSPS) is 15.6. The molecule has 1 aromatic carbocycles. The van der Waals surface area contributed by atoms with Crippen molar-refractivity contribution in [2.45, 2.75) is 47.1 Å². The van der Waals surface area contributed by atoms with E-state index < -0.39 is 5.60 Å². The van der Waals surface area contributed by atoms with Gasteiger partial charge in [-0.05, 0) is 49.1 Å². The number of nitrogens with one attached hydrogen (secondary N) is 1. The lowest BCUT2D eigenvalue weighted by Gasteiger charge is -2.26. The minimum atomic E-state index is -0.947. The number of aromatic nitrogens is 2. The maximum absolute atomic E-state index is 12.7. The molecule has 3 rings (SSSR count). The summed E-state index contributed by atoms with van der Waals surface area (Å²) in [5, 5.41) is 13.3. The molecule has 1 aliphatic rings. The van der Waals surface area contributed by atoms with Crippen LogP contribution in [0.25, 0.3) is 16.7 Å². The maximum atomic E-state index is 12.7. The van der Waals surface area contributed by atoms with E-state index in [9.17, 15) is 9.90 Å². The minimum Gasteiger partial charge on any atom is -0.386 e. The van der Waals surface area contributed by atoms with Gasteiger partial charge in [0, 0.05) is 11.6 Å². The zero-order valence-electron chi connectivity index (χ0n) is 16.3. The van der Waals surface area contributed by atoms with Crippen LogP contribution in [0.1, 0.15) is 47.1 Å². The number of amides is 1. The molecule has 1 heterocycles. The van der Waals surface area contributed by atoms with Gasteiger partial charge in [-0.2, -0.15) is 0 Å². The van der Waals surface area contributed by atoms with Crippen LogP contribution in [-0.2, 0) is 10.4 Å². The van der Waals surface area contributed by atoms with Crippen molar-refractivity contribution in [3.05, 3.63) is 42.0 Å². The van der Waals surface area contributed by atoms with Crippen LogP contribution in [0.5, 0.6) is 0 Å². The van der Waals surface area contributed by atoms with Gasteiger partial charge in [-0.1, -0.05) is 39.8 Å². The van der Waals surface area contributed by atoms with E-state index in [0.29, 0.717) is 5.95 Å². The van der Waals surface area contributed by atoms with Gasteiger partial charge >= 0.3 is 0 Å². The molecule has 1 atom stereocenters. The summed E-state index contributed by atoms with van der Waals surface area (Å²) in [6.07, 6.45) is 5.89. The average Bonchev–Trinajstić information content (AvgIpc) is 2.80. The van der Waals surface area contributed by atoms with Crippen LogP contribution in [0.2, 0.25) is 0 Å². The number of hydrogen-bond donors (Lipinski definition) is 2. The lowest BCUT2D eigenvalue weighted by atomic mass is 9.81. The number of carbonyl (C=O) groups excluding carboxylic acids is 1. The van der Waals surface area contributed by atoms with Crippen LogP contribution in [0.15, 0.2) is 36.4 Å². The predicted molar refractivity (Wildman–Crippen MR) is 106 cm³/mol. The molecule has 2 N–H and O–H groups in total. The Morgan fingerprint density at radius 1 is 1.23 bits per heavy atom. The molecule has 5 nitrogen and oxygen atoms in total. The Kier molecular flexibility index (Phi) is 4.31. The van der Waals surface area contributed by atoms with Crippen LogP contribution in [-0.4, -0.2) is 20.6 Å². The first kappa shape index (κ1) is 18.4. The summed E-state index contributed by atoms with van der Waals surface area (Å²) in [7, 11) is 0. The lowest BCUT2D eigenvalue weighted by molar-refractivity contribution is -0.122. The summed E-state index contributed by atoms with van der Waals surface area (Å²) in [6.45, 7) is 11.6. The SMILES string of the molecule is C[C@H](C(=O)Nc1nc2ccc(C(C)(C)O)cc2n1C1=CC=C1)C(C)(C)C. The molecule has 0 radical (unpaired) electrons. The molecule has 1 aromatic heterocycles. The standard InChI is InChI=1S/C21H27N3O2/c1-13(20(2,3)4)18(25)23-19-22-16-11-10-14(21(5,6)26)12-17(16)24(19)15-8-7-9-15/h7-13,26H,1-6H3,(H,22,23,25)/t13-/m1/s1. The fourth-order valence-electron chi connectivity index (χ4n) is 2.74. The highest BCUT2D eigenvalue weighted by atomic mass is 16.3. The van der Waals surface area contributed by atoms with E-state index >= 15 is 0 Å². The number of benzene rings is 1. The third kappa shape index (κ3) is 3.31. The monoisotopic (exact) mass is 353 g/mol. The molecule has 26 heavy (non-hydrogen) atoms. The first-order valence-electron chi connectivity index (χ1n) is 8.93. The molecule has 0 saturated carbocycles. The van der Waals surface area contributed by atoms with E-state index in [1.165, 1.54) is 0 Å². The Balaban J connectivity index is 2.07. The van der Waals surface area contributed by atoms with Gasteiger partial charge in [0.2, 0.25) is 11.9 Å². The number of hydrogen-bond acceptors (Lipinski definition) is 3. The van der Waals surface area contributed by atoms with Crippen LogP contribution in [0.4, 0.5) is 5.95 Å². The fourth-order valence-corrected chi connectivity index (χ4v) is 2.74. The molecular weight excluding hydrogens is 326 g/mol. The third-order valence-corrected chi connectivity index (χ3v) is 5.08. The van der Waals surface area contributed by atoms with Crippen molar-refractivity contribution in [3.8, 4) is 0 Å². The second kappa shape index (κ2) is 6.09. The predicted octanol–water partition coefficient (Wildman–Crippen LogP) is 4.30. The van der Waals surface area contributed by atoms with Crippen molar-refractivity contribution in [2.75, 3.05) is 5.32 Å². The van der Waals surface area contributed by atoms with Gasteiger partial charge in [-0.15, -0.1) is 0 Å². The molecular formula is C21H27N3O2. The van der Waals surface area contributed by atoms with Crippen molar-refractivity contribution < 1.29 is 9.90 Å². The quantitative estimate of drug-likeness (QED) is 0.861. The summed E-state index contributed by atoms with van der Waals surface area (Å²) < 4.78 is 1.93. The third-order valence-electron chi connectivity index (χ3n) is 5.08. The zero-order chi connectivity index (χ0) is 19.3. The number of fused-ring (bicyclic) bond motifs is 1. The molecule has 0 bridgehead atoms. The van der Waals surface area contributed by atoms with Crippen molar-refractivity contribution in [2.24, 2.45) is 11.3 Å². The first-order valence-corrected chi connectivity index (χ1v) is 8.93. The van der Waals surface area contributed by atoms with Gasteiger partial charge in [0.05, 0.1) is 16.6 Å². The van der Waals surface area contributed by atoms with Crippen LogP contribution in [0.3, 0.4) is 0 Å². The van der Waals surface area contributed by atoms with E-state index in [1.54, 1.807) is 13.8 Å². The highest BCUT2D eigenvalue weighted by Crippen LogP contribution is 2.32. The lowest BCUT2D eigenvalue weighted by Crippen LogP contribution is -2.31. The molecule has 0 aliphatic heterocycles. The van der Waals surface area contributed by atoms with Gasteiger partial charge < -0.3 is 5.11 Å². The molecule has 0 saturated heterocycles. The number of rotatable bonds is 4. The highest BCUT2D eigenvalue weighted by Gasteiger charge is 2.28. The molecule has 2 aromatic rings. The summed E-state index contributed by atoms with van der Waals surface area (Å²) >= 11 is 0. The van der Waals surface area contributed by atoms with Gasteiger partial charge in [-0.3, -0.25) is 14.7 Å². The summed E-state index contributed by atoms with van der Waals surface area (Å²) in [6, 6.07) is 5.68. The number of aliphatic hydroxyl groups is 1. The summed E-state index contributed by atoms with van der Waals surface area (Å²) in [4.78, 5) is 17.3. The Bertz CT molecular complexity index is 921. The largest absolute Gasteiger partial charge is 0.386 e. The maximum Gasteiger partial charge on any atom is 0.230 e. The fraction of sp³-hybridized carbons (Fsp3) is 0.429. The Morgan fingerprint density at radius 2 is 1.88 bits per heavy atom. The van der Waals surface area contributed by atoms with E-state index in [1.807, 2.05) is 68.7 Å². The van der Waals surface area contributed by atoms with E-state index in [0.717, 1.165) is 22.3 Å². The van der Waals surface area contributed by atoms with E-state index in [4.69, 9.17) is 0 Å². The number of nitrogens with zero attached hydrogens (tertiary/aromatic N) is 2. The summed E-state index contributed by atoms with van der Waals surface area (Å²) in [5.41, 5.74) is 2.31. The first-order chi connectivity index (χ1) is 12.0. The molecule has 1 aliphatic carbocycles. The van der Waals surface area contributed by atoms with E-state index in [-0.39, 0.29) is 17.2 Å². The molecule has 138 valence electrons. The van der Waals surface area contributed by atoms with Gasteiger partial charge in [0.25, 0.3) is 0 Å². The van der Waals surface area contributed by atoms with Crippen molar-refractivity contribution >= 4 is 28.6 Å². The number of carbonyl (C=O) groups is 1. The molecule has 0 fully saturated rings. The van der Waals surface area contributed by atoms with Crippen LogP contribution < -0.4 is 5.32 Å². The molecule has 1 amide bonds. The van der Waals surface area contributed by atoms with Crippen LogP contribution in [0, 0.1) is 11.3 Å². The molecule has 0 spiro atoms. The minimum absolute atomic E-state index is 0.0549. The molecule has 5 heteroatoms. The van der Waals surface area contributed by atoms with Crippen molar-refractivity contribution in [1.29, 1.82) is 0 Å². The van der Waals surface area contributed by atoms with Gasteiger partial charge in [0.15, 0.2) is 0 Å². The second-order valence-electron chi connectivity index (χ2n) is 8.56. The van der Waals surface area contributed by atoms with Crippen molar-refractivity contribution in [1.82, 2.24) is 9.55 Å². The summed E-state index contributed by atoms with van der Waals surface area (Å²) in [5.74, 6) is 0.291. The van der Waals surface area contributed by atoms with Crippen molar-refractivity contribution in [3.63, 3.8) is 0 Å². The van der Waals surface area contributed by atoms with Gasteiger partial charge in [-0.25, -0.2) is 4.98 Å². The van der Waals surface area contributed by atoms with E-state index in [2.05, 4.69) is 10.3 Å².